The molecule has 1 N–H and O–H groups in total. The molecule has 0 unspecified atom stereocenters. The fraction of sp³-hybridized carbons (Fsp3) is 0.500. The second-order valence-corrected chi connectivity index (χ2v) is 5.94. The van der Waals surface area contributed by atoms with Crippen LogP contribution in [0.2, 0.25) is 12.1 Å². The van der Waals surface area contributed by atoms with Crippen LogP contribution in [0.1, 0.15) is 13.8 Å². The highest BCUT2D eigenvalue weighted by molar-refractivity contribution is 6.80. The van der Waals surface area contributed by atoms with Gasteiger partial charge in [-0.25, -0.2) is 0 Å². The molecule has 0 aromatic rings. The van der Waals surface area contributed by atoms with Crippen LogP contribution >= 0.6 is 0 Å². The third kappa shape index (κ3) is 2.86. The van der Waals surface area contributed by atoms with Gasteiger partial charge in [-0.05, 0) is 18.2 Å². The molecule has 0 saturated carbocycles. The van der Waals surface area contributed by atoms with Gasteiger partial charge in [0.25, 0.3) is 8.32 Å². The van der Waals surface area contributed by atoms with E-state index in [0.717, 1.165) is 12.1 Å². The molecule has 0 aliphatic carbocycles. The molecule has 0 aliphatic rings. The van der Waals surface area contributed by atoms with E-state index in [1.807, 2.05) is 13.8 Å². The molecular formula is C8H14OSi. The van der Waals surface area contributed by atoms with Crippen molar-refractivity contribution in [1.29, 1.82) is 0 Å². The average molecular weight is 154 g/mol. The third-order valence-electron chi connectivity index (χ3n) is 1.58. The maximum Gasteiger partial charge on any atom is 0.269 e. The minimum atomic E-state index is -2.15. The number of hydrogen-bond donors (Lipinski definition) is 1. The monoisotopic (exact) mass is 154 g/mol. The van der Waals surface area contributed by atoms with Crippen molar-refractivity contribution in [2.75, 3.05) is 0 Å². The highest BCUT2D eigenvalue weighted by Crippen LogP contribution is 2.08. The molecule has 10 heavy (non-hydrogen) atoms. The van der Waals surface area contributed by atoms with Crippen molar-refractivity contribution in [3.05, 3.63) is 12.7 Å². The Morgan fingerprint density at radius 3 is 2.30 bits per heavy atom. The fourth-order valence-electron chi connectivity index (χ4n) is 0.612. The maximum absolute atomic E-state index is 9.68. The predicted molar refractivity (Wildman–Crippen MR) is 46.9 cm³/mol. The molecule has 0 fully saturated rings. The standard InChI is InChI=1S/C8H14OSi/c1-4-7-8-10(9,5-2)6-3/h4,9H,1,5-6H2,2-3H3. The molecule has 2 heteroatoms. The quantitative estimate of drug-likeness (QED) is 0.474. The van der Waals surface area contributed by atoms with E-state index in [0.29, 0.717) is 0 Å². The summed E-state index contributed by atoms with van der Waals surface area (Å²) in [7, 11) is -2.15. The van der Waals surface area contributed by atoms with Crippen molar-refractivity contribution < 1.29 is 4.80 Å². The molecule has 56 valence electrons. The lowest BCUT2D eigenvalue weighted by Gasteiger charge is -2.12. The second-order valence-electron chi connectivity index (χ2n) is 2.21. The first kappa shape index (κ1) is 9.48. The van der Waals surface area contributed by atoms with Gasteiger partial charge >= 0.3 is 0 Å². The lowest BCUT2D eigenvalue weighted by molar-refractivity contribution is 0.552. The molecule has 0 aromatic carbocycles. The summed E-state index contributed by atoms with van der Waals surface area (Å²) in [5.74, 6) is 2.72. The zero-order valence-corrected chi connectivity index (χ0v) is 7.65. The summed E-state index contributed by atoms with van der Waals surface area (Å²) in [5.41, 5.74) is 2.87. The highest BCUT2D eigenvalue weighted by Gasteiger charge is 2.22. The number of rotatable bonds is 2. The van der Waals surface area contributed by atoms with Gasteiger partial charge in [0.1, 0.15) is 0 Å². The Labute approximate surface area is 63.9 Å². The first-order valence-electron chi connectivity index (χ1n) is 3.54. The van der Waals surface area contributed by atoms with E-state index >= 15 is 0 Å². The topological polar surface area (TPSA) is 20.2 Å². The molecule has 1 nitrogen and oxygen atoms in total. The molecule has 0 rings (SSSR count). The van der Waals surface area contributed by atoms with E-state index in [9.17, 15) is 4.80 Å². The Bertz CT molecular complexity index is 160. The summed E-state index contributed by atoms with van der Waals surface area (Å²) in [6.07, 6.45) is 1.53. The smallest absolute Gasteiger partial charge is 0.269 e. The van der Waals surface area contributed by atoms with Crippen molar-refractivity contribution >= 4 is 8.32 Å². The van der Waals surface area contributed by atoms with Crippen LogP contribution in [0.4, 0.5) is 0 Å². The Hall–Kier alpha value is -0.523. The normalized spacial score (nSPS) is 9.90. The molecule has 0 aliphatic heterocycles. The Kier molecular flexibility index (Phi) is 4.09. The van der Waals surface area contributed by atoms with Crippen LogP contribution < -0.4 is 0 Å². The van der Waals surface area contributed by atoms with Crippen LogP contribution in [-0.2, 0) is 0 Å². The Morgan fingerprint density at radius 2 is 2.00 bits per heavy atom. The SMILES string of the molecule is C=CC#C[Si](O)(CC)CC. The number of allylic oxidation sites excluding steroid dienone is 1. The molecule has 0 saturated heterocycles. The van der Waals surface area contributed by atoms with Gasteiger partial charge in [0, 0.05) is 0 Å². The van der Waals surface area contributed by atoms with E-state index in [1.54, 1.807) is 0 Å². The van der Waals surface area contributed by atoms with Gasteiger partial charge in [-0.2, -0.15) is 0 Å². The first-order chi connectivity index (χ1) is 4.68. The van der Waals surface area contributed by atoms with Gasteiger partial charge < -0.3 is 4.80 Å². The molecular weight excluding hydrogens is 140 g/mol. The van der Waals surface area contributed by atoms with Gasteiger partial charge in [0.05, 0.1) is 0 Å². The Balaban J connectivity index is 4.18. The molecule has 0 aromatic heterocycles. The summed E-state index contributed by atoms with van der Waals surface area (Å²) in [6.45, 7) is 7.43. The van der Waals surface area contributed by atoms with Crippen LogP contribution in [0, 0.1) is 11.5 Å². The third-order valence-corrected chi connectivity index (χ3v) is 4.53. The van der Waals surface area contributed by atoms with Crippen molar-refractivity contribution in [1.82, 2.24) is 0 Å². The predicted octanol–water partition coefficient (Wildman–Crippen LogP) is 1.69. The van der Waals surface area contributed by atoms with Crippen LogP contribution in [0.5, 0.6) is 0 Å². The highest BCUT2D eigenvalue weighted by atomic mass is 28.4. The maximum atomic E-state index is 9.68. The lowest BCUT2D eigenvalue weighted by Crippen LogP contribution is -2.30. The zero-order valence-electron chi connectivity index (χ0n) is 6.65. The van der Waals surface area contributed by atoms with Gasteiger partial charge in [-0.3, -0.25) is 0 Å². The number of hydrogen-bond acceptors (Lipinski definition) is 1. The van der Waals surface area contributed by atoms with Crippen LogP contribution in [-0.4, -0.2) is 13.1 Å². The molecule has 0 radical (unpaired) electrons. The summed E-state index contributed by atoms with van der Waals surface area (Å²) in [6, 6.07) is 1.62. The van der Waals surface area contributed by atoms with Crippen molar-refractivity contribution in [2.45, 2.75) is 25.9 Å². The van der Waals surface area contributed by atoms with Gasteiger partial charge in [-0.1, -0.05) is 31.9 Å². The fourth-order valence-corrected chi connectivity index (χ4v) is 1.84. The van der Waals surface area contributed by atoms with E-state index in [1.165, 1.54) is 6.08 Å². The molecule has 0 bridgehead atoms. The minimum Gasteiger partial charge on any atom is -0.421 e. The largest absolute Gasteiger partial charge is 0.421 e. The minimum absolute atomic E-state index is 0.810. The second kappa shape index (κ2) is 4.32. The van der Waals surface area contributed by atoms with Crippen LogP contribution in [0.15, 0.2) is 12.7 Å². The average Bonchev–Trinajstić information content (AvgIpc) is 2.00. The van der Waals surface area contributed by atoms with E-state index < -0.39 is 8.32 Å². The molecule has 0 amide bonds. The summed E-state index contributed by atoms with van der Waals surface area (Å²) < 4.78 is 0. The van der Waals surface area contributed by atoms with Crippen molar-refractivity contribution in [3.63, 3.8) is 0 Å². The molecule has 0 atom stereocenters. The van der Waals surface area contributed by atoms with E-state index in [2.05, 4.69) is 18.0 Å². The van der Waals surface area contributed by atoms with Gasteiger partial charge in [0.2, 0.25) is 0 Å². The van der Waals surface area contributed by atoms with Gasteiger partial charge in [0.15, 0.2) is 0 Å². The lowest BCUT2D eigenvalue weighted by atomic mass is 10.7. The van der Waals surface area contributed by atoms with Crippen LogP contribution in [0.25, 0.3) is 0 Å². The van der Waals surface area contributed by atoms with E-state index in [-0.39, 0.29) is 0 Å². The van der Waals surface area contributed by atoms with Crippen molar-refractivity contribution in [3.8, 4) is 11.5 Å². The Morgan fingerprint density at radius 1 is 1.50 bits per heavy atom. The first-order valence-corrected chi connectivity index (χ1v) is 5.90. The van der Waals surface area contributed by atoms with E-state index in [4.69, 9.17) is 0 Å². The zero-order chi connectivity index (χ0) is 8.04. The summed E-state index contributed by atoms with van der Waals surface area (Å²) in [4.78, 5) is 9.68. The van der Waals surface area contributed by atoms with Crippen molar-refractivity contribution in [2.24, 2.45) is 0 Å². The summed E-state index contributed by atoms with van der Waals surface area (Å²) >= 11 is 0. The summed E-state index contributed by atoms with van der Waals surface area (Å²) in [5, 5.41) is 0. The molecule has 0 heterocycles. The van der Waals surface area contributed by atoms with Gasteiger partial charge in [-0.15, -0.1) is 0 Å². The molecule has 0 spiro atoms. The van der Waals surface area contributed by atoms with Crippen LogP contribution in [0.3, 0.4) is 0 Å².